The molecule has 1 saturated heterocycles. The van der Waals surface area contributed by atoms with Crippen LogP contribution in [0.15, 0.2) is 27.2 Å². The van der Waals surface area contributed by atoms with Crippen LogP contribution in [0.1, 0.15) is 11.8 Å². The van der Waals surface area contributed by atoms with Crippen molar-refractivity contribution in [2.24, 2.45) is 5.73 Å². The van der Waals surface area contributed by atoms with Crippen molar-refractivity contribution in [1.82, 2.24) is 10.1 Å². The quantitative estimate of drug-likeness (QED) is 0.890. The Labute approximate surface area is 128 Å². The number of rotatable bonds is 2. The van der Waals surface area contributed by atoms with Crippen LogP contribution in [0.3, 0.4) is 0 Å². The summed E-state index contributed by atoms with van der Waals surface area (Å²) in [6, 6.07) is 5.63. The maximum absolute atomic E-state index is 6.03. The van der Waals surface area contributed by atoms with Crippen LogP contribution in [0.4, 0.5) is 0 Å². The molecule has 0 amide bonds. The molecular weight excluding hydrogens is 350 g/mol. The lowest BCUT2D eigenvalue weighted by molar-refractivity contribution is 0.352. The normalized spacial score (nSPS) is 22.9. The van der Waals surface area contributed by atoms with Gasteiger partial charge in [0.15, 0.2) is 0 Å². The lowest BCUT2D eigenvalue weighted by Gasteiger charge is -2.07. The zero-order chi connectivity index (χ0) is 13.4. The summed E-state index contributed by atoms with van der Waals surface area (Å²) >= 11 is 11.2. The third-order valence-corrected chi connectivity index (χ3v) is 5.49. The summed E-state index contributed by atoms with van der Waals surface area (Å²) in [5, 5.41) is 4.68. The molecule has 4 nitrogen and oxygen atoms in total. The van der Waals surface area contributed by atoms with Crippen molar-refractivity contribution in [3.63, 3.8) is 0 Å². The first-order valence-electron chi connectivity index (χ1n) is 5.77. The molecule has 1 aromatic heterocycles. The summed E-state index contributed by atoms with van der Waals surface area (Å²) < 4.78 is 6.15. The van der Waals surface area contributed by atoms with E-state index in [0.29, 0.717) is 16.7 Å². The number of nitrogens with zero attached hydrogens (tertiary/aromatic N) is 2. The number of thioether (sulfide) groups is 1. The van der Waals surface area contributed by atoms with Gasteiger partial charge < -0.3 is 10.3 Å². The Balaban J connectivity index is 1.90. The van der Waals surface area contributed by atoms with E-state index in [4.69, 9.17) is 21.9 Å². The van der Waals surface area contributed by atoms with Gasteiger partial charge in [0.25, 0.3) is 0 Å². The second-order valence-corrected chi connectivity index (χ2v) is 6.73. The number of nitrogens with two attached hydrogens (primary N) is 1. The summed E-state index contributed by atoms with van der Waals surface area (Å²) in [6.45, 7) is 0. The summed E-state index contributed by atoms with van der Waals surface area (Å²) in [5.41, 5.74) is 6.90. The van der Waals surface area contributed by atoms with Gasteiger partial charge in [0, 0.05) is 27.6 Å². The highest BCUT2D eigenvalue weighted by Crippen LogP contribution is 2.32. The first-order chi connectivity index (χ1) is 9.15. The molecule has 0 saturated carbocycles. The average molecular weight is 361 g/mol. The van der Waals surface area contributed by atoms with Crippen molar-refractivity contribution < 1.29 is 4.52 Å². The fraction of sp³-hybridized carbons (Fsp3) is 0.333. The lowest BCUT2D eigenvalue weighted by Crippen LogP contribution is -2.26. The second kappa shape index (κ2) is 5.44. The van der Waals surface area contributed by atoms with Crippen molar-refractivity contribution in [1.29, 1.82) is 0 Å². The molecule has 2 unspecified atom stereocenters. The van der Waals surface area contributed by atoms with E-state index < -0.39 is 0 Å². The smallest absolute Gasteiger partial charge is 0.232 e. The monoisotopic (exact) mass is 359 g/mol. The van der Waals surface area contributed by atoms with Crippen LogP contribution in [0, 0.1) is 0 Å². The minimum Gasteiger partial charge on any atom is -0.339 e. The van der Waals surface area contributed by atoms with Crippen molar-refractivity contribution >= 4 is 39.3 Å². The lowest BCUT2D eigenvalue weighted by atomic mass is 10.1. The van der Waals surface area contributed by atoms with Crippen molar-refractivity contribution in [3.05, 3.63) is 33.6 Å². The molecule has 2 N–H and O–H groups in total. The minimum absolute atomic E-state index is 0.0928. The molecule has 1 fully saturated rings. The standard InChI is InChI=1S/C12H11BrClN3OS/c13-8-3-6(1-2-9(8)14)11-16-12(18-17-11)7-4-19-5-10(7)15/h1-3,7,10H,4-5,15H2. The van der Waals surface area contributed by atoms with Gasteiger partial charge in [-0.15, -0.1) is 0 Å². The number of hydrogen-bond acceptors (Lipinski definition) is 5. The van der Waals surface area contributed by atoms with Gasteiger partial charge >= 0.3 is 0 Å². The fourth-order valence-electron chi connectivity index (χ4n) is 1.96. The van der Waals surface area contributed by atoms with E-state index in [1.807, 2.05) is 23.9 Å². The average Bonchev–Trinajstić information content (AvgIpc) is 3.01. The van der Waals surface area contributed by atoms with E-state index in [1.54, 1.807) is 6.07 Å². The topological polar surface area (TPSA) is 64.9 Å². The van der Waals surface area contributed by atoms with E-state index in [9.17, 15) is 0 Å². The molecule has 2 aromatic rings. The maximum Gasteiger partial charge on any atom is 0.232 e. The highest BCUT2D eigenvalue weighted by atomic mass is 79.9. The molecule has 7 heteroatoms. The Morgan fingerprint density at radius 2 is 2.26 bits per heavy atom. The number of halogens is 2. The Bertz CT molecular complexity index is 606. The van der Waals surface area contributed by atoms with E-state index in [0.717, 1.165) is 21.5 Å². The molecule has 0 spiro atoms. The van der Waals surface area contributed by atoms with Crippen LogP contribution in [0.2, 0.25) is 5.02 Å². The Morgan fingerprint density at radius 1 is 1.42 bits per heavy atom. The van der Waals surface area contributed by atoms with Crippen LogP contribution < -0.4 is 5.73 Å². The molecule has 3 rings (SSSR count). The van der Waals surface area contributed by atoms with E-state index in [2.05, 4.69) is 26.1 Å². The van der Waals surface area contributed by atoms with E-state index in [1.165, 1.54) is 0 Å². The van der Waals surface area contributed by atoms with Crippen LogP contribution in [-0.2, 0) is 0 Å². The molecule has 100 valence electrons. The van der Waals surface area contributed by atoms with Crippen molar-refractivity contribution in [2.45, 2.75) is 12.0 Å². The second-order valence-electron chi connectivity index (χ2n) is 4.39. The van der Waals surface area contributed by atoms with Gasteiger partial charge in [-0.05, 0) is 34.1 Å². The Morgan fingerprint density at radius 3 is 2.95 bits per heavy atom. The fourth-order valence-corrected chi connectivity index (χ4v) is 3.74. The Kier molecular flexibility index (Phi) is 3.84. The SMILES string of the molecule is NC1CSCC1c1nc(-c2ccc(Cl)c(Br)c2)no1. The zero-order valence-electron chi connectivity index (χ0n) is 9.85. The molecule has 1 aliphatic rings. The van der Waals surface area contributed by atoms with Gasteiger partial charge in [0.1, 0.15) is 0 Å². The third kappa shape index (κ3) is 2.67. The molecule has 2 heterocycles. The van der Waals surface area contributed by atoms with E-state index in [-0.39, 0.29) is 12.0 Å². The molecule has 0 aliphatic carbocycles. The van der Waals surface area contributed by atoms with Crippen LogP contribution >= 0.6 is 39.3 Å². The first kappa shape index (κ1) is 13.4. The summed E-state index contributed by atoms with van der Waals surface area (Å²) in [5.74, 6) is 3.22. The molecular formula is C12H11BrClN3OS. The molecule has 0 radical (unpaired) electrons. The highest BCUT2D eigenvalue weighted by Gasteiger charge is 2.31. The highest BCUT2D eigenvalue weighted by molar-refractivity contribution is 9.10. The van der Waals surface area contributed by atoms with Crippen LogP contribution in [-0.4, -0.2) is 27.7 Å². The van der Waals surface area contributed by atoms with Gasteiger partial charge in [-0.1, -0.05) is 16.8 Å². The number of benzene rings is 1. The Hall–Kier alpha value is -0.560. The number of hydrogen-bond donors (Lipinski definition) is 1. The summed E-state index contributed by atoms with van der Waals surface area (Å²) in [6.07, 6.45) is 0. The number of aromatic nitrogens is 2. The maximum atomic E-state index is 6.03. The van der Waals surface area contributed by atoms with Gasteiger partial charge in [-0.3, -0.25) is 0 Å². The van der Waals surface area contributed by atoms with E-state index >= 15 is 0 Å². The van der Waals surface area contributed by atoms with Gasteiger partial charge in [-0.25, -0.2) is 0 Å². The van der Waals surface area contributed by atoms with Crippen LogP contribution in [0.25, 0.3) is 11.4 Å². The molecule has 2 atom stereocenters. The first-order valence-corrected chi connectivity index (χ1v) is 8.10. The molecule has 1 aliphatic heterocycles. The molecule has 19 heavy (non-hydrogen) atoms. The van der Waals surface area contributed by atoms with Crippen molar-refractivity contribution in [3.8, 4) is 11.4 Å². The van der Waals surface area contributed by atoms with Gasteiger partial charge in [-0.2, -0.15) is 16.7 Å². The van der Waals surface area contributed by atoms with Gasteiger partial charge in [0.2, 0.25) is 11.7 Å². The minimum atomic E-state index is 0.0928. The van der Waals surface area contributed by atoms with Crippen molar-refractivity contribution in [2.75, 3.05) is 11.5 Å². The van der Waals surface area contributed by atoms with Crippen LogP contribution in [0.5, 0.6) is 0 Å². The third-order valence-electron chi connectivity index (χ3n) is 3.06. The summed E-state index contributed by atoms with van der Waals surface area (Å²) in [7, 11) is 0. The largest absolute Gasteiger partial charge is 0.339 e. The zero-order valence-corrected chi connectivity index (χ0v) is 13.0. The summed E-state index contributed by atoms with van der Waals surface area (Å²) in [4.78, 5) is 4.45. The molecule has 1 aromatic carbocycles. The predicted molar refractivity (Wildman–Crippen MR) is 80.5 cm³/mol. The predicted octanol–water partition coefficient (Wildman–Crippen LogP) is 3.31. The van der Waals surface area contributed by atoms with Gasteiger partial charge in [0.05, 0.1) is 10.9 Å². The molecule has 0 bridgehead atoms.